The number of rotatable bonds is 9. The molecule has 2 aromatic rings. The van der Waals surface area contributed by atoms with Gasteiger partial charge in [0.15, 0.2) is 0 Å². The van der Waals surface area contributed by atoms with Crippen LogP contribution < -0.4 is 10.1 Å². The highest BCUT2D eigenvalue weighted by molar-refractivity contribution is 5.29. The van der Waals surface area contributed by atoms with Crippen LogP contribution >= 0.6 is 0 Å². The molecular weight excluding hydrogens is 312 g/mol. The Morgan fingerprint density at radius 3 is 2.32 bits per heavy atom. The molecule has 0 heterocycles. The van der Waals surface area contributed by atoms with Gasteiger partial charge < -0.3 is 20.1 Å². The van der Waals surface area contributed by atoms with E-state index < -0.39 is 5.60 Å². The number of hydrogen-bond donors (Lipinski definition) is 2. The van der Waals surface area contributed by atoms with Gasteiger partial charge in [-0.25, -0.2) is 0 Å². The molecule has 0 saturated heterocycles. The van der Waals surface area contributed by atoms with Crippen molar-refractivity contribution in [2.75, 3.05) is 27.2 Å². The zero-order valence-electron chi connectivity index (χ0n) is 15.7. The second kappa shape index (κ2) is 8.99. The number of aliphatic hydroxyl groups is 1. The molecular formula is C21H30N2O2. The lowest BCUT2D eigenvalue weighted by molar-refractivity contribution is 0.0317. The van der Waals surface area contributed by atoms with E-state index in [2.05, 4.69) is 36.5 Å². The molecule has 0 aliphatic carbocycles. The lowest BCUT2D eigenvalue weighted by atomic mass is 10.0. The van der Waals surface area contributed by atoms with Crippen molar-refractivity contribution in [3.63, 3.8) is 0 Å². The summed E-state index contributed by atoms with van der Waals surface area (Å²) < 4.78 is 5.82. The van der Waals surface area contributed by atoms with Crippen molar-refractivity contribution in [2.24, 2.45) is 0 Å². The Morgan fingerprint density at radius 2 is 1.72 bits per heavy atom. The van der Waals surface area contributed by atoms with Crippen LogP contribution in [0.1, 0.15) is 31.0 Å². The molecule has 0 amide bonds. The fraction of sp³-hybridized carbons (Fsp3) is 0.429. The average molecular weight is 342 g/mol. The number of ether oxygens (including phenoxy) is 1. The number of benzene rings is 2. The molecule has 2 rings (SSSR count). The molecule has 0 spiro atoms. The van der Waals surface area contributed by atoms with Crippen molar-refractivity contribution >= 4 is 0 Å². The molecule has 2 unspecified atom stereocenters. The molecule has 0 aliphatic rings. The van der Waals surface area contributed by atoms with Gasteiger partial charge in [0.2, 0.25) is 0 Å². The van der Waals surface area contributed by atoms with Crippen LogP contribution in [0, 0.1) is 0 Å². The Kier molecular flexibility index (Phi) is 7.00. The van der Waals surface area contributed by atoms with Crippen LogP contribution in [0.15, 0.2) is 54.6 Å². The van der Waals surface area contributed by atoms with Crippen molar-refractivity contribution in [2.45, 2.75) is 32.1 Å². The molecule has 0 bridgehead atoms. The molecule has 0 aromatic heterocycles. The molecule has 0 radical (unpaired) electrons. The van der Waals surface area contributed by atoms with E-state index in [0.717, 1.165) is 11.3 Å². The van der Waals surface area contributed by atoms with Crippen molar-refractivity contribution in [3.05, 3.63) is 65.7 Å². The Morgan fingerprint density at radius 1 is 1.08 bits per heavy atom. The van der Waals surface area contributed by atoms with E-state index in [-0.39, 0.29) is 6.04 Å². The largest absolute Gasteiger partial charge is 0.489 e. The minimum Gasteiger partial charge on any atom is -0.489 e. The van der Waals surface area contributed by atoms with E-state index in [0.29, 0.717) is 19.7 Å². The maximum atomic E-state index is 10.4. The van der Waals surface area contributed by atoms with Gasteiger partial charge in [-0.3, -0.25) is 0 Å². The molecule has 0 saturated carbocycles. The lowest BCUT2D eigenvalue weighted by Gasteiger charge is -2.29. The highest BCUT2D eigenvalue weighted by atomic mass is 16.5. The molecule has 4 nitrogen and oxygen atoms in total. The first-order valence-corrected chi connectivity index (χ1v) is 8.73. The lowest BCUT2D eigenvalue weighted by Crippen LogP contribution is -2.46. The normalized spacial score (nSPS) is 15.0. The summed E-state index contributed by atoms with van der Waals surface area (Å²) >= 11 is 0. The van der Waals surface area contributed by atoms with E-state index in [1.54, 1.807) is 0 Å². The zero-order chi connectivity index (χ0) is 18.3. The maximum absolute atomic E-state index is 10.4. The highest BCUT2D eigenvalue weighted by Crippen LogP contribution is 2.19. The van der Waals surface area contributed by atoms with Crippen molar-refractivity contribution in [1.82, 2.24) is 10.2 Å². The fourth-order valence-electron chi connectivity index (χ4n) is 2.82. The third-order valence-electron chi connectivity index (χ3n) is 4.07. The van der Waals surface area contributed by atoms with Gasteiger partial charge in [-0.1, -0.05) is 42.5 Å². The van der Waals surface area contributed by atoms with Crippen LogP contribution in [-0.2, 0) is 6.61 Å². The van der Waals surface area contributed by atoms with Gasteiger partial charge in [-0.05, 0) is 51.2 Å². The summed E-state index contributed by atoms with van der Waals surface area (Å²) in [6.07, 6.45) is 0. The monoisotopic (exact) mass is 342 g/mol. The van der Waals surface area contributed by atoms with Gasteiger partial charge in [0.25, 0.3) is 0 Å². The number of nitrogens with zero attached hydrogens (tertiary/aromatic N) is 1. The van der Waals surface area contributed by atoms with Crippen LogP contribution in [0.5, 0.6) is 5.75 Å². The summed E-state index contributed by atoms with van der Waals surface area (Å²) in [6.45, 7) is 5.69. The van der Waals surface area contributed by atoms with Crippen LogP contribution in [0.25, 0.3) is 0 Å². The molecule has 2 N–H and O–H groups in total. The Balaban J connectivity index is 1.84. The minimum atomic E-state index is -0.753. The summed E-state index contributed by atoms with van der Waals surface area (Å²) in [5.74, 6) is 0.861. The van der Waals surface area contributed by atoms with Gasteiger partial charge >= 0.3 is 0 Å². The predicted octanol–water partition coefficient (Wildman–Crippen LogP) is 3.23. The van der Waals surface area contributed by atoms with Crippen LogP contribution in [0.3, 0.4) is 0 Å². The third-order valence-corrected chi connectivity index (χ3v) is 4.07. The highest BCUT2D eigenvalue weighted by Gasteiger charge is 2.22. The van der Waals surface area contributed by atoms with E-state index in [1.807, 2.05) is 56.3 Å². The Hall–Kier alpha value is -1.88. The SMILES string of the molecule is CC(NCC(C)(O)CN(C)C)c1ccc(OCc2ccccc2)cc1. The van der Waals surface area contributed by atoms with E-state index in [9.17, 15) is 5.11 Å². The van der Waals surface area contributed by atoms with Crippen LogP contribution in [-0.4, -0.2) is 42.8 Å². The molecule has 0 fully saturated rings. The summed E-state index contributed by atoms with van der Waals surface area (Å²) in [7, 11) is 3.93. The van der Waals surface area contributed by atoms with Gasteiger partial charge in [0.1, 0.15) is 12.4 Å². The first-order valence-electron chi connectivity index (χ1n) is 8.73. The fourth-order valence-corrected chi connectivity index (χ4v) is 2.82. The van der Waals surface area contributed by atoms with Crippen molar-refractivity contribution < 1.29 is 9.84 Å². The number of nitrogens with one attached hydrogen (secondary N) is 1. The smallest absolute Gasteiger partial charge is 0.119 e. The van der Waals surface area contributed by atoms with E-state index in [4.69, 9.17) is 4.74 Å². The van der Waals surface area contributed by atoms with Gasteiger partial charge in [0, 0.05) is 19.1 Å². The van der Waals surface area contributed by atoms with Gasteiger partial charge in [-0.2, -0.15) is 0 Å². The maximum Gasteiger partial charge on any atom is 0.119 e. The summed E-state index contributed by atoms with van der Waals surface area (Å²) in [4.78, 5) is 1.99. The quantitative estimate of drug-likeness (QED) is 0.734. The zero-order valence-corrected chi connectivity index (χ0v) is 15.7. The van der Waals surface area contributed by atoms with Crippen molar-refractivity contribution in [3.8, 4) is 5.75 Å². The minimum absolute atomic E-state index is 0.164. The second-order valence-corrected chi connectivity index (χ2v) is 7.18. The van der Waals surface area contributed by atoms with E-state index >= 15 is 0 Å². The topological polar surface area (TPSA) is 44.7 Å². The molecule has 0 aliphatic heterocycles. The summed E-state index contributed by atoms with van der Waals surface area (Å²) in [5.41, 5.74) is 1.58. The molecule has 2 aromatic carbocycles. The second-order valence-electron chi connectivity index (χ2n) is 7.18. The average Bonchev–Trinajstić information content (AvgIpc) is 2.58. The van der Waals surface area contributed by atoms with E-state index in [1.165, 1.54) is 5.56 Å². The first-order chi connectivity index (χ1) is 11.9. The number of likely N-dealkylation sites (N-methyl/N-ethyl adjacent to an activating group) is 1. The first kappa shape index (κ1) is 19.4. The Labute approximate surface area is 151 Å². The standard InChI is InChI=1S/C21H30N2O2/c1-17(22-15-21(2,24)16-23(3)4)19-10-12-20(13-11-19)25-14-18-8-6-5-7-9-18/h5-13,17,22,24H,14-16H2,1-4H3. The molecule has 136 valence electrons. The van der Waals surface area contributed by atoms with Crippen molar-refractivity contribution in [1.29, 1.82) is 0 Å². The molecule has 25 heavy (non-hydrogen) atoms. The predicted molar refractivity (Wildman–Crippen MR) is 103 cm³/mol. The molecule has 2 atom stereocenters. The molecule has 4 heteroatoms. The Bertz CT molecular complexity index is 624. The van der Waals surface area contributed by atoms with Gasteiger partial charge in [0.05, 0.1) is 5.60 Å². The van der Waals surface area contributed by atoms with Crippen LogP contribution in [0.2, 0.25) is 0 Å². The number of hydrogen-bond acceptors (Lipinski definition) is 4. The summed E-state index contributed by atoms with van der Waals surface area (Å²) in [5, 5.41) is 13.8. The van der Waals surface area contributed by atoms with Gasteiger partial charge in [-0.15, -0.1) is 0 Å². The van der Waals surface area contributed by atoms with Crippen LogP contribution in [0.4, 0.5) is 0 Å². The summed E-state index contributed by atoms with van der Waals surface area (Å²) in [6, 6.07) is 18.4. The third kappa shape index (κ3) is 6.86.